The van der Waals surface area contributed by atoms with Gasteiger partial charge in [0.25, 0.3) is 5.91 Å². The Morgan fingerprint density at radius 1 is 1.07 bits per heavy atom. The molecule has 3 rings (SSSR count). The third-order valence-corrected chi connectivity index (χ3v) is 4.98. The van der Waals surface area contributed by atoms with Gasteiger partial charge in [-0.2, -0.15) is 0 Å². The van der Waals surface area contributed by atoms with Crippen molar-refractivity contribution in [1.82, 2.24) is 4.90 Å². The van der Waals surface area contributed by atoms with Crippen LogP contribution < -0.4 is 0 Å². The molecule has 2 aromatic carbocycles. The first-order chi connectivity index (χ1) is 13.5. The molecule has 0 fully saturated rings. The van der Waals surface area contributed by atoms with E-state index in [-0.39, 0.29) is 18.9 Å². The topological polar surface area (TPSA) is 59.8 Å². The maximum absolute atomic E-state index is 12.4. The molecule has 0 aliphatic carbocycles. The number of ether oxygens (including phenoxy) is 1. The van der Waals surface area contributed by atoms with Gasteiger partial charge < -0.3 is 14.1 Å². The first-order valence-corrected chi connectivity index (χ1v) is 9.43. The Hall–Kier alpha value is -3.08. The normalized spacial score (nSPS) is 10.8. The van der Waals surface area contributed by atoms with Crippen molar-refractivity contribution >= 4 is 22.8 Å². The van der Waals surface area contributed by atoms with Crippen LogP contribution in [-0.4, -0.2) is 29.9 Å². The molecular weight excluding hydrogens is 354 g/mol. The molecular formula is C23H25NO4. The second-order valence-electron chi connectivity index (χ2n) is 6.88. The number of nitrogens with zero attached hydrogens (tertiary/aromatic N) is 1. The SMILES string of the molecule is CCN(Cc1ccccc1)C(=O)COC(=O)Cc1coc2c(C)c(C)ccc12. The summed E-state index contributed by atoms with van der Waals surface area (Å²) in [6.45, 7) is 6.72. The quantitative estimate of drug-likeness (QED) is 0.578. The minimum absolute atomic E-state index is 0.0770. The van der Waals surface area contributed by atoms with Gasteiger partial charge in [-0.3, -0.25) is 9.59 Å². The van der Waals surface area contributed by atoms with Gasteiger partial charge >= 0.3 is 5.97 Å². The number of furan rings is 1. The molecule has 0 unspecified atom stereocenters. The lowest BCUT2D eigenvalue weighted by Gasteiger charge is -2.20. The molecule has 0 radical (unpaired) electrons. The number of rotatable bonds is 7. The van der Waals surface area contributed by atoms with Crippen molar-refractivity contribution < 1.29 is 18.7 Å². The Bertz CT molecular complexity index is 975. The molecule has 0 saturated carbocycles. The maximum atomic E-state index is 12.4. The van der Waals surface area contributed by atoms with E-state index in [2.05, 4.69) is 0 Å². The van der Waals surface area contributed by atoms with E-state index in [1.807, 2.05) is 63.2 Å². The van der Waals surface area contributed by atoms with Crippen molar-refractivity contribution in [2.75, 3.05) is 13.2 Å². The molecule has 146 valence electrons. The Morgan fingerprint density at radius 3 is 2.54 bits per heavy atom. The lowest BCUT2D eigenvalue weighted by molar-refractivity contribution is -0.151. The van der Waals surface area contributed by atoms with Gasteiger partial charge in [-0.05, 0) is 37.5 Å². The molecule has 0 saturated heterocycles. The van der Waals surface area contributed by atoms with Crippen LogP contribution in [0, 0.1) is 13.8 Å². The molecule has 0 aliphatic rings. The van der Waals surface area contributed by atoms with Crippen LogP contribution in [-0.2, 0) is 27.3 Å². The molecule has 0 N–H and O–H groups in total. The van der Waals surface area contributed by atoms with Gasteiger partial charge in [-0.15, -0.1) is 0 Å². The van der Waals surface area contributed by atoms with Crippen LogP contribution in [0.1, 0.15) is 29.2 Å². The number of benzene rings is 2. The van der Waals surface area contributed by atoms with E-state index in [9.17, 15) is 9.59 Å². The van der Waals surface area contributed by atoms with E-state index in [4.69, 9.17) is 9.15 Å². The van der Waals surface area contributed by atoms with Gasteiger partial charge in [-0.1, -0.05) is 42.5 Å². The zero-order valence-electron chi connectivity index (χ0n) is 16.5. The van der Waals surface area contributed by atoms with Gasteiger partial charge in [0.2, 0.25) is 0 Å². The molecule has 5 heteroatoms. The average molecular weight is 379 g/mol. The van der Waals surface area contributed by atoms with Crippen molar-refractivity contribution in [1.29, 1.82) is 0 Å². The van der Waals surface area contributed by atoms with Gasteiger partial charge in [0, 0.05) is 24.0 Å². The van der Waals surface area contributed by atoms with Crippen molar-refractivity contribution in [3.05, 3.63) is 71.0 Å². The van der Waals surface area contributed by atoms with E-state index in [1.54, 1.807) is 11.2 Å². The van der Waals surface area contributed by atoms with Crippen LogP contribution >= 0.6 is 0 Å². The highest BCUT2D eigenvalue weighted by Crippen LogP contribution is 2.26. The predicted octanol–water partition coefficient (Wildman–Crippen LogP) is 4.18. The van der Waals surface area contributed by atoms with Gasteiger partial charge in [0.15, 0.2) is 6.61 Å². The predicted molar refractivity (Wildman–Crippen MR) is 108 cm³/mol. The fourth-order valence-corrected chi connectivity index (χ4v) is 3.15. The summed E-state index contributed by atoms with van der Waals surface area (Å²) in [6, 6.07) is 13.7. The number of aryl methyl sites for hydroxylation is 2. The summed E-state index contributed by atoms with van der Waals surface area (Å²) in [7, 11) is 0. The van der Waals surface area contributed by atoms with Crippen LogP contribution in [0.2, 0.25) is 0 Å². The zero-order valence-corrected chi connectivity index (χ0v) is 16.5. The van der Waals surface area contributed by atoms with Crippen molar-refractivity contribution in [2.24, 2.45) is 0 Å². The first kappa shape index (κ1) is 19.7. The first-order valence-electron chi connectivity index (χ1n) is 9.43. The molecule has 0 spiro atoms. The number of amides is 1. The molecule has 1 heterocycles. The Labute approximate surface area is 164 Å². The number of fused-ring (bicyclic) bond motifs is 1. The second kappa shape index (κ2) is 8.74. The second-order valence-corrected chi connectivity index (χ2v) is 6.88. The summed E-state index contributed by atoms with van der Waals surface area (Å²) in [4.78, 5) is 26.3. The summed E-state index contributed by atoms with van der Waals surface area (Å²) in [5, 5.41) is 0.908. The Kier molecular flexibility index (Phi) is 6.14. The fourth-order valence-electron chi connectivity index (χ4n) is 3.15. The summed E-state index contributed by atoms with van der Waals surface area (Å²) >= 11 is 0. The summed E-state index contributed by atoms with van der Waals surface area (Å²) in [5.41, 5.74) is 4.80. The molecule has 0 bridgehead atoms. The van der Waals surface area contributed by atoms with Crippen LogP contribution in [0.4, 0.5) is 0 Å². The number of hydrogen-bond acceptors (Lipinski definition) is 4. The molecule has 0 aliphatic heterocycles. The Morgan fingerprint density at radius 2 is 1.82 bits per heavy atom. The summed E-state index contributed by atoms with van der Waals surface area (Å²) in [6.07, 6.45) is 1.67. The van der Waals surface area contributed by atoms with Crippen molar-refractivity contribution in [3.8, 4) is 0 Å². The molecule has 5 nitrogen and oxygen atoms in total. The maximum Gasteiger partial charge on any atom is 0.310 e. The van der Waals surface area contributed by atoms with Crippen molar-refractivity contribution in [2.45, 2.75) is 33.7 Å². The minimum atomic E-state index is -0.440. The molecule has 1 amide bonds. The number of esters is 1. The van der Waals surface area contributed by atoms with E-state index >= 15 is 0 Å². The highest BCUT2D eigenvalue weighted by atomic mass is 16.5. The fraction of sp³-hybridized carbons (Fsp3) is 0.304. The molecule has 3 aromatic rings. The number of likely N-dealkylation sites (N-methyl/N-ethyl adjacent to an activating group) is 1. The van der Waals surface area contributed by atoms with Crippen LogP contribution in [0.5, 0.6) is 0 Å². The van der Waals surface area contributed by atoms with Gasteiger partial charge in [0.05, 0.1) is 12.7 Å². The zero-order chi connectivity index (χ0) is 20.1. The minimum Gasteiger partial charge on any atom is -0.464 e. The highest BCUT2D eigenvalue weighted by Gasteiger charge is 2.17. The van der Waals surface area contributed by atoms with Crippen LogP contribution in [0.25, 0.3) is 11.0 Å². The molecule has 28 heavy (non-hydrogen) atoms. The smallest absolute Gasteiger partial charge is 0.310 e. The molecule has 0 atom stereocenters. The third-order valence-electron chi connectivity index (χ3n) is 4.98. The highest BCUT2D eigenvalue weighted by molar-refractivity contribution is 5.89. The number of carbonyl (C=O) groups excluding carboxylic acids is 2. The van der Waals surface area contributed by atoms with E-state index in [1.165, 1.54) is 0 Å². The van der Waals surface area contributed by atoms with Crippen LogP contribution in [0.3, 0.4) is 0 Å². The van der Waals surface area contributed by atoms with Gasteiger partial charge in [-0.25, -0.2) is 0 Å². The van der Waals surface area contributed by atoms with E-state index < -0.39 is 5.97 Å². The van der Waals surface area contributed by atoms with Crippen molar-refractivity contribution in [3.63, 3.8) is 0 Å². The van der Waals surface area contributed by atoms with Gasteiger partial charge in [0.1, 0.15) is 5.58 Å². The van der Waals surface area contributed by atoms with Crippen LogP contribution in [0.15, 0.2) is 53.1 Å². The lowest BCUT2D eigenvalue weighted by atomic mass is 10.0. The lowest BCUT2D eigenvalue weighted by Crippen LogP contribution is -2.34. The number of hydrogen-bond donors (Lipinski definition) is 0. The average Bonchev–Trinajstić information content (AvgIpc) is 3.11. The van der Waals surface area contributed by atoms with E-state index in [0.29, 0.717) is 13.1 Å². The van der Waals surface area contributed by atoms with E-state index in [0.717, 1.165) is 33.2 Å². The molecule has 1 aromatic heterocycles. The monoisotopic (exact) mass is 379 g/mol. The largest absolute Gasteiger partial charge is 0.464 e. The standard InChI is InChI=1S/C23H25NO4/c1-4-24(13-18-8-6-5-7-9-18)21(25)15-27-22(26)12-19-14-28-23-17(3)16(2)10-11-20(19)23/h5-11,14H,4,12-13,15H2,1-3H3. The summed E-state index contributed by atoms with van der Waals surface area (Å²) < 4.78 is 10.9. The Balaban J connectivity index is 1.58. The number of carbonyl (C=O) groups is 2. The third kappa shape index (κ3) is 4.42. The summed E-state index contributed by atoms with van der Waals surface area (Å²) in [5.74, 6) is -0.645.